The summed E-state index contributed by atoms with van der Waals surface area (Å²) in [6.07, 6.45) is 3.15. The van der Waals surface area contributed by atoms with Crippen LogP contribution in [0.5, 0.6) is 0 Å². The van der Waals surface area contributed by atoms with Crippen molar-refractivity contribution in [1.29, 1.82) is 0 Å². The van der Waals surface area contributed by atoms with E-state index in [1.54, 1.807) is 29.9 Å². The predicted octanol–water partition coefficient (Wildman–Crippen LogP) is 2.96. The van der Waals surface area contributed by atoms with Crippen LogP contribution in [0.25, 0.3) is 5.69 Å². The van der Waals surface area contributed by atoms with Crippen molar-refractivity contribution in [3.05, 3.63) is 47.5 Å². The summed E-state index contributed by atoms with van der Waals surface area (Å²) in [6, 6.07) is 5.95. The number of rotatable bonds is 4. The van der Waals surface area contributed by atoms with E-state index in [-0.39, 0.29) is 23.0 Å². The van der Waals surface area contributed by atoms with Crippen LogP contribution < -0.4 is 4.72 Å². The summed E-state index contributed by atoms with van der Waals surface area (Å²) in [5, 5.41) is 4.40. The van der Waals surface area contributed by atoms with Gasteiger partial charge in [0.25, 0.3) is 0 Å². The molecule has 1 aliphatic carbocycles. The number of sulfonamides is 1. The molecule has 1 aromatic carbocycles. The van der Waals surface area contributed by atoms with Gasteiger partial charge in [0, 0.05) is 11.3 Å². The Morgan fingerprint density at radius 3 is 2.83 bits per heavy atom. The van der Waals surface area contributed by atoms with Gasteiger partial charge in [-0.25, -0.2) is 22.2 Å². The minimum Gasteiger partial charge on any atom is -0.237 e. The first-order valence-electron chi connectivity index (χ1n) is 8.03. The Bertz CT molecular complexity index is 858. The van der Waals surface area contributed by atoms with Gasteiger partial charge < -0.3 is 0 Å². The highest BCUT2D eigenvalue weighted by atomic mass is 32.2. The molecule has 1 aliphatic rings. The maximum absolute atomic E-state index is 13.6. The molecule has 0 radical (unpaired) electrons. The van der Waals surface area contributed by atoms with Crippen molar-refractivity contribution in [2.24, 2.45) is 5.41 Å². The molecular weight excluding hydrogens is 329 g/mol. The van der Waals surface area contributed by atoms with Crippen LogP contribution in [0.2, 0.25) is 0 Å². The summed E-state index contributed by atoms with van der Waals surface area (Å²) in [5.74, 6) is -0.285. The normalized spacial score (nSPS) is 19.9. The Labute approximate surface area is 141 Å². The van der Waals surface area contributed by atoms with E-state index in [1.165, 1.54) is 12.1 Å². The Morgan fingerprint density at radius 2 is 2.17 bits per heavy atom. The number of hydrogen-bond acceptors (Lipinski definition) is 3. The van der Waals surface area contributed by atoms with Gasteiger partial charge in [-0.1, -0.05) is 19.9 Å². The van der Waals surface area contributed by atoms with Crippen molar-refractivity contribution in [3.8, 4) is 5.69 Å². The number of halogens is 1. The SMILES string of the molecule is CCS(=O)(=O)N[C@H]1CC(C)(C)Cc2c1cnn2-c1cccc(F)c1. The molecule has 1 heterocycles. The standard InChI is InChI=1S/C17H22FN3O2S/c1-4-24(22,23)20-15-9-17(2,3)10-16-14(15)11-19-21(16)13-7-5-6-12(18)8-13/h5-8,11,15,20H,4,9-10H2,1-3H3/t15-/m0/s1. The zero-order chi connectivity index (χ0) is 17.5. The maximum Gasteiger partial charge on any atom is 0.211 e. The van der Waals surface area contributed by atoms with Crippen LogP contribution >= 0.6 is 0 Å². The third-order valence-corrected chi connectivity index (χ3v) is 5.84. The fraction of sp³-hybridized carbons (Fsp3) is 0.471. The zero-order valence-electron chi connectivity index (χ0n) is 14.1. The molecule has 5 nitrogen and oxygen atoms in total. The highest BCUT2D eigenvalue weighted by molar-refractivity contribution is 7.89. The second-order valence-electron chi connectivity index (χ2n) is 7.06. The van der Waals surface area contributed by atoms with Gasteiger partial charge in [-0.15, -0.1) is 0 Å². The summed E-state index contributed by atoms with van der Waals surface area (Å²) >= 11 is 0. The molecule has 0 amide bonds. The zero-order valence-corrected chi connectivity index (χ0v) is 14.9. The number of fused-ring (bicyclic) bond motifs is 1. The molecule has 0 unspecified atom stereocenters. The highest BCUT2D eigenvalue weighted by Crippen LogP contribution is 2.41. The van der Waals surface area contributed by atoms with Gasteiger partial charge in [-0.05, 0) is 43.4 Å². The summed E-state index contributed by atoms with van der Waals surface area (Å²) in [7, 11) is -3.32. The van der Waals surface area contributed by atoms with Crippen LogP contribution in [-0.4, -0.2) is 24.0 Å². The molecule has 0 fully saturated rings. The molecule has 0 bridgehead atoms. The summed E-state index contributed by atoms with van der Waals surface area (Å²) in [5.41, 5.74) is 2.36. The lowest BCUT2D eigenvalue weighted by Crippen LogP contribution is -2.37. The molecule has 2 aromatic rings. The molecule has 0 saturated heterocycles. The summed E-state index contributed by atoms with van der Waals surface area (Å²) in [6.45, 7) is 5.82. The van der Waals surface area contributed by atoms with Crippen molar-refractivity contribution in [1.82, 2.24) is 14.5 Å². The second kappa shape index (κ2) is 5.97. The summed E-state index contributed by atoms with van der Waals surface area (Å²) < 4.78 is 42.1. The molecule has 130 valence electrons. The Balaban J connectivity index is 2.06. The molecule has 3 rings (SSSR count). The van der Waals surface area contributed by atoms with Crippen LogP contribution in [0, 0.1) is 11.2 Å². The molecule has 1 N–H and O–H groups in total. The molecule has 24 heavy (non-hydrogen) atoms. The van der Waals surface area contributed by atoms with Crippen LogP contribution in [-0.2, 0) is 16.4 Å². The number of hydrogen-bond donors (Lipinski definition) is 1. The number of benzene rings is 1. The Hall–Kier alpha value is -1.73. The maximum atomic E-state index is 13.6. The monoisotopic (exact) mass is 351 g/mol. The molecule has 0 saturated carbocycles. The van der Waals surface area contributed by atoms with Gasteiger partial charge in [0.05, 0.1) is 23.7 Å². The fourth-order valence-electron chi connectivity index (χ4n) is 3.28. The second-order valence-corrected chi connectivity index (χ2v) is 9.10. The van der Waals surface area contributed by atoms with Crippen molar-refractivity contribution in [3.63, 3.8) is 0 Å². The van der Waals surface area contributed by atoms with E-state index >= 15 is 0 Å². The lowest BCUT2D eigenvalue weighted by Gasteiger charge is -2.35. The van der Waals surface area contributed by atoms with Gasteiger partial charge in [0.2, 0.25) is 10.0 Å². The molecule has 0 spiro atoms. The van der Waals surface area contributed by atoms with E-state index in [1.807, 2.05) is 0 Å². The average Bonchev–Trinajstić information content (AvgIpc) is 2.89. The first-order chi connectivity index (χ1) is 11.2. The number of nitrogens with one attached hydrogen (secondary N) is 1. The first-order valence-corrected chi connectivity index (χ1v) is 9.69. The predicted molar refractivity (Wildman–Crippen MR) is 91.0 cm³/mol. The van der Waals surface area contributed by atoms with E-state index in [0.717, 1.165) is 17.7 Å². The first kappa shape index (κ1) is 17.1. The quantitative estimate of drug-likeness (QED) is 0.921. The topological polar surface area (TPSA) is 64.0 Å². The van der Waals surface area contributed by atoms with Crippen LogP contribution in [0.15, 0.2) is 30.5 Å². The van der Waals surface area contributed by atoms with Crippen molar-refractivity contribution >= 4 is 10.0 Å². The number of nitrogens with zero attached hydrogens (tertiary/aromatic N) is 2. The number of aromatic nitrogens is 2. The van der Waals surface area contributed by atoms with Crippen LogP contribution in [0.3, 0.4) is 0 Å². The minimum absolute atomic E-state index is 0.0390. The Morgan fingerprint density at radius 1 is 1.42 bits per heavy atom. The van der Waals surface area contributed by atoms with E-state index in [0.29, 0.717) is 12.1 Å². The van der Waals surface area contributed by atoms with Crippen LogP contribution in [0.1, 0.15) is 44.5 Å². The smallest absolute Gasteiger partial charge is 0.211 e. The van der Waals surface area contributed by atoms with Gasteiger partial charge in [0.15, 0.2) is 0 Å². The van der Waals surface area contributed by atoms with Crippen molar-refractivity contribution < 1.29 is 12.8 Å². The van der Waals surface area contributed by atoms with Gasteiger partial charge >= 0.3 is 0 Å². The van der Waals surface area contributed by atoms with E-state index in [9.17, 15) is 12.8 Å². The molecule has 1 aromatic heterocycles. The van der Waals surface area contributed by atoms with Gasteiger partial charge in [0.1, 0.15) is 5.82 Å². The average molecular weight is 351 g/mol. The minimum atomic E-state index is -3.32. The fourth-order valence-corrected chi connectivity index (χ4v) is 4.09. The largest absolute Gasteiger partial charge is 0.237 e. The van der Waals surface area contributed by atoms with Crippen molar-refractivity contribution in [2.45, 2.75) is 39.7 Å². The molecular formula is C17H22FN3O2S. The highest BCUT2D eigenvalue weighted by Gasteiger charge is 2.36. The third-order valence-electron chi connectivity index (χ3n) is 4.43. The lowest BCUT2D eigenvalue weighted by atomic mass is 9.74. The van der Waals surface area contributed by atoms with Gasteiger partial charge in [-0.2, -0.15) is 5.10 Å². The lowest BCUT2D eigenvalue weighted by molar-refractivity contribution is 0.269. The molecule has 0 aliphatic heterocycles. The van der Waals surface area contributed by atoms with E-state index in [2.05, 4.69) is 23.7 Å². The van der Waals surface area contributed by atoms with E-state index in [4.69, 9.17) is 0 Å². The molecule has 1 atom stereocenters. The van der Waals surface area contributed by atoms with E-state index < -0.39 is 10.0 Å². The van der Waals surface area contributed by atoms with Crippen molar-refractivity contribution in [2.75, 3.05) is 5.75 Å². The van der Waals surface area contributed by atoms with Gasteiger partial charge in [-0.3, -0.25) is 0 Å². The summed E-state index contributed by atoms with van der Waals surface area (Å²) in [4.78, 5) is 0. The molecule has 7 heteroatoms. The third kappa shape index (κ3) is 3.37. The van der Waals surface area contributed by atoms with Crippen LogP contribution in [0.4, 0.5) is 4.39 Å². The Kier molecular flexibility index (Phi) is 4.25.